The highest BCUT2D eigenvalue weighted by Crippen LogP contribution is 2.22. The van der Waals surface area contributed by atoms with Crippen molar-refractivity contribution in [2.75, 3.05) is 26.7 Å². The number of ether oxygens (including phenoxy) is 2. The van der Waals surface area contributed by atoms with Crippen LogP contribution in [0.5, 0.6) is 5.75 Å². The van der Waals surface area contributed by atoms with Crippen LogP contribution in [0.4, 0.5) is 0 Å². The summed E-state index contributed by atoms with van der Waals surface area (Å²) < 4.78 is 11.4. The van der Waals surface area contributed by atoms with E-state index in [4.69, 9.17) is 9.47 Å². The largest absolute Gasteiger partial charge is 0.489 e. The molecule has 5 heteroatoms. The molecule has 1 fully saturated rings. The second kappa shape index (κ2) is 7.61. The highest BCUT2D eigenvalue weighted by Gasteiger charge is 2.39. The number of carbonyl (C=O) groups is 1. The van der Waals surface area contributed by atoms with E-state index < -0.39 is 5.60 Å². The lowest BCUT2D eigenvalue weighted by molar-refractivity contribution is -0.147. The number of para-hydroxylation sites is 1. The quantitative estimate of drug-likeness (QED) is 0.839. The number of carbonyl (C=O) groups excluding carboxylic acids is 1. The molecular weight excluding hydrogens is 280 g/mol. The SMILES string of the molecule is COC1(C(=O)NCC(C)Oc2ccccc2C)CCNCC1. The van der Waals surface area contributed by atoms with Crippen molar-refractivity contribution < 1.29 is 14.3 Å². The number of aryl methyl sites for hydroxylation is 1. The minimum atomic E-state index is -0.701. The molecule has 1 amide bonds. The van der Waals surface area contributed by atoms with Gasteiger partial charge in [-0.25, -0.2) is 0 Å². The molecule has 0 bridgehead atoms. The maximum absolute atomic E-state index is 12.5. The summed E-state index contributed by atoms with van der Waals surface area (Å²) in [7, 11) is 1.61. The summed E-state index contributed by atoms with van der Waals surface area (Å²) in [6.07, 6.45) is 1.30. The predicted molar refractivity (Wildman–Crippen MR) is 86.1 cm³/mol. The molecule has 1 unspecified atom stereocenters. The van der Waals surface area contributed by atoms with E-state index in [2.05, 4.69) is 10.6 Å². The lowest BCUT2D eigenvalue weighted by Crippen LogP contribution is -2.55. The number of benzene rings is 1. The van der Waals surface area contributed by atoms with E-state index in [9.17, 15) is 4.79 Å². The zero-order chi connectivity index (χ0) is 16.0. The van der Waals surface area contributed by atoms with Crippen LogP contribution in [0, 0.1) is 6.92 Å². The van der Waals surface area contributed by atoms with Gasteiger partial charge < -0.3 is 20.1 Å². The van der Waals surface area contributed by atoms with Crippen molar-refractivity contribution in [1.29, 1.82) is 0 Å². The van der Waals surface area contributed by atoms with Crippen molar-refractivity contribution in [3.05, 3.63) is 29.8 Å². The molecule has 1 aromatic rings. The van der Waals surface area contributed by atoms with E-state index in [0.717, 1.165) is 24.4 Å². The minimum Gasteiger partial charge on any atom is -0.489 e. The number of piperidine rings is 1. The van der Waals surface area contributed by atoms with Gasteiger partial charge in [0, 0.05) is 7.11 Å². The van der Waals surface area contributed by atoms with E-state index in [-0.39, 0.29) is 12.0 Å². The van der Waals surface area contributed by atoms with Crippen molar-refractivity contribution in [1.82, 2.24) is 10.6 Å². The maximum atomic E-state index is 12.5. The lowest BCUT2D eigenvalue weighted by Gasteiger charge is -2.35. The summed E-state index contributed by atoms with van der Waals surface area (Å²) in [5.74, 6) is 0.810. The first kappa shape index (κ1) is 16.8. The van der Waals surface area contributed by atoms with Crippen molar-refractivity contribution in [2.24, 2.45) is 0 Å². The third-order valence-corrected chi connectivity index (χ3v) is 4.19. The molecule has 1 heterocycles. The molecule has 1 aliphatic rings. The number of hydrogen-bond acceptors (Lipinski definition) is 4. The molecule has 1 aromatic carbocycles. The van der Waals surface area contributed by atoms with Gasteiger partial charge in [-0.3, -0.25) is 4.79 Å². The maximum Gasteiger partial charge on any atom is 0.252 e. The molecule has 22 heavy (non-hydrogen) atoms. The van der Waals surface area contributed by atoms with Crippen LogP contribution in [0.3, 0.4) is 0 Å². The third kappa shape index (κ3) is 3.99. The predicted octanol–water partition coefficient (Wildman–Crippen LogP) is 1.65. The Morgan fingerprint density at radius 2 is 2.05 bits per heavy atom. The summed E-state index contributed by atoms with van der Waals surface area (Å²) in [5.41, 5.74) is 0.389. The summed E-state index contributed by atoms with van der Waals surface area (Å²) in [4.78, 5) is 12.5. The van der Waals surface area contributed by atoms with Gasteiger partial charge in [0.2, 0.25) is 0 Å². The van der Waals surface area contributed by atoms with E-state index in [0.29, 0.717) is 19.4 Å². The van der Waals surface area contributed by atoms with Crippen LogP contribution in [0.1, 0.15) is 25.3 Å². The highest BCUT2D eigenvalue weighted by atomic mass is 16.5. The molecule has 5 nitrogen and oxygen atoms in total. The summed E-state index contributed by atoms with van der Waals surface area (Å²) in [6, 6.07) is 7.88. The van der Waals surface area contributed by atoms with Crippen LogP contribution in [0.2, 0.25) is 0 Å². The van der Waals surface area contributed by atoms with Gasteiger partial charge in [-0.05, 0) is 51.4 Å². The van der Waals surface area contributed by atoms with Crippen LogP contribution >= 0.6 is 0 Å². The summed E-state index contributed by atoms with van der Waals surface area (Å²) in [6.45, 7) is 6.03. The van der Waals surface area contributed by atoms with Gasteiger partial charge in [-0.15, -0.1) is 0 Å². The molecule has 0 spiro atoms. The molecule has 0 radical (unpaired) electrons. The molecular formula is C17H26N2O3. The molecule has 0 aromatic heterocycles. The number of hydrogen-bond donors (Lipinski definition) is 2. The Hall–Kier alpha value is -1.59. The Morgan fingerprint density at radius 3 is 2.68 bits per heavy atom. The summed E-state index contributed by atoms with van der Waals surface area (Å²) >= 11 is 0. The molecule has 1 saturated heterocycles. The second-order valence-corrected chi connectivity index (χ2v) is 5.85. The molecule has 122 valence electrons. The second-order valence-electron chi connectivity index (χ2n) is 5.85. The van der Waals surface area contributed by atoms with Crippen LogP contribution in [0.25, 0.3) is 0 Å². The number of amides is 1. The standard InChI is InChI=1S/C17H26N2O3/c1-13-6-4-5-7-15(13)22-14(2)12-19-16(20)17(21-3)8-10-18-11-9-17/h4-7,14,18H,8-12H2,1-3H3,(H,19,20). The highest BCUT2D eigenvalue weighted by molar-refractivity contribution is 5.85. The van der Waals surface area contributed by atoms with E-state index in [1.54, 1.807) is 7.11 Å². The van der Waals surface area contributed by atoms with Gasteiger partial charge >= 0.3 is 0 Å². The third-order valence-electron chi connectivity index (χ3n) is 4.19. The van der Waals surface area contributed by atoms with Gasteiger partial charge in [0.15, 0.2) is 0 Å². The molecule has 2 N–H and O–H groups in total. The average molecular weight is 306 g/mol. The first-order valence-corrected chi connectivity index (χ1v) is 7.84. The Balaban J connectivity index is 1.86. The van der Waals surface area contributed by atoms with Gasteiger partial charge in [-0.1, -0.05) is 18.2 Å². The fourth-order valence-electron chi connectivity index (χ4n) is 2.70. The molecule has 0 saturated carbocycles. The molecule has 1 atom stereocenters. The monoisotopic (exact) mass is 306 g/mol. The number of methoxy groups -OCH3 is 1. The Morgan fingerprint density at radius 1 is 1.36 bits per heavy atom. The average Bonchev–Trinajstić information content (AvgIpc) is 2.55. The molecule has 1 aliphatic heterocycles. The molecule has 2 rings (SSSR count). The van der Waals surface area contributed by atoms with Gasteiger partial charge in [0.25, 0.3) is 5.91 Å². The fourth-order valence-corrected chi connectivity index (χ4v) is 2.70. The van der Waals surface area contributed by atoms with E-state index in [1.807, 2.05) is 38.1 Å². The van der Waals surface area contributed by atoms with Crippen LogP contribution in [-0.2, 0) is 9.53 Å². The Kier molecular flexibility index (Phi) is 5.80. The molecule has 0 aliphatic carbocycles. The zero-order valence-corrected chi connectivity index (χ0v) is 13.6. The van der Waals surface area contributed by atoms with Crippen molar-refractivity contribution in [2.45, 2.75) is 38.4 Å². The lowest BCUT2D eigenvalue weighted by atomic mass is 9.91. The van der Waals surface area contributed by atoms with Crippen molar-refractivity contribution in [3.8, 4) is 5.75 Å². The Bertz CT molecular complexity index is 498. The number of rotatable bonds is 6. The van der Waals surface area contributed by atoms with Crippen LogP contribution in [-0.4, -0.2) is 44.4 Å². The van der Waals surface area contributed by atoms with E-state index in [1.165, 1.54) is 0 Å². The minimum absolute atomic E-state index is 0.0447. The zero-order valence-electron chi connectivity index (χ0n) is 13.6. The topological polar surface area (TPSA) is 59.6 Å². The van der Waals surface area contributed by atoms with Crippen molar-refractivity contribution >= 4 is 5.91 Å². The van der Waals surface area contributed by atoms with Gasteiger partial charge in [-0.2, -0.15) is 0 Å². The van der Waals surface area contributed by atoms with Crippen LogP contribution < -0.4 is 15.4 Å². The number of nitrogens with one attached hydrogen (secondary N) is 2. The first-order chi connectivity index (χ1) is 10.6. The normalized spacial score (nSPS) is 18.5. The smallest absolute Gasteiger partial charge is 0.252 e. The summed E-state index contributed by atoms with van der Waals surface area (Å²) in [5, 5.41) is 6.21. The van der Waals surface area contributed by atoms with Gasteiger partial charge in [0.05, 0.1) is 6.54 Å². The fraction of sp³-hybridized carbons (Fsp3) is 0.588. The van der Waals surface area contributed by atoms with Crippen molar-refractivity contribution in [3.63, 3.8) is 0 Å². The van der Waals surface area contributed by atoms with Gasteiger partial charge in [0.1, 0.15) is 17.5 Å². The first-order valence-electron chi connectivity index (χ1n) is 7.84. The Labute approximate surface area is 132 Å². The van der Waals surface area contributed by atoms with Crippen LogP contribution in [0.15, 0.2) is 24.3 Å². The van der Waals surface area contributed by atoms with E-state index >= 15 is 0 Å².